The van der Waals surface area contributed by atoms with Gasteiger partial charge in [0.2, 0.25) is 0 Å². The Kier molecular flexibility index (Phi) is 8.19. The molecule has 0 unspecified atom stereocenters. The Labute approximate surface area is 186 Å². The highest BCUT2D eigenvalue weighted by molar-refractivity contribution is 5.79. The van der Waals surface area contributed by atoms with E-state index in [0.717, 1.165) is 30.0 Å². The smallest absolute Gasteiger partial charge is 0.422 e. The third-order valence-electron chi connectivity index (χ3n) is 5.23. The lowest BCUT2D eigenvalue weighted by Gasteiger charge is -2.28. The van der Waals surface area contributed by atoms with Gasteiger partial charge in [0, 0.05) is 45.0 Å². The molecule has 6 nitrogen and oxygen atoms in total. The summed E-state index contributed by atoms with van der Waals surface area (Å²) >= 11 is 0. The molecule has 174 valence electrons. The fourth-order valence-corrected chi connectivity index (χ4v) is 3.55. The number of pyridine rings is 1. The SMILES string of the molecule is CN=C(NCc1ccnc(N2CCCCC2)c1)NCc1ccc(C)cc1OCC(F)(F)F. The minimum atomic E-state index is -4.39. The van der Waals surface area contributed by atoms with Crippen LogP contribution in [0.3, 0.4) is 0 Å². The fourth-order valence-electron chi connectivity index (χ4n) is 3.55. The lowest BCUT2D eigenvalue weighted by Crippen LogP contribution is -2.36. The predicted molar refractivity (Wildman–Crippen MR) is 120 cm³/mol. The van der Waals surface area contributed by atoms with Crippen LogP contribution in [0.5, 0.6) is 5.75 Å². The van der Waals surface area contributed by atoms with Crippen molar-refractivity contribution in [3.8, 4) is 5.75 Å². The van der Waals surface area contributed by atoms with Crippen LogP contribution in [0.4, 0.5) is 19.0 Å². The molecule has 1 aliphatic heterocycles. The van der Waals surface area contributed by atoms with E-state index in [-0.39, 0.29) is 12.3 Å². The molecule has 0 spiro atoms. The largest absolute Gasteiger partial charge is 0.484 e. The Hall–Kier alpha value is -2.97. The molecule has 0 radical (unpaired) electrons. The zero-order valence-corrected chi connectivity index (χ0v) is 18.5. The van der Waals surface area contributed by atoms with Crippen LogP contribution in [0.2, 0.25) is 0 Å². The van der Waals surface area contributed by atoms with Gasteiger partial charge in [-0.1, -0.05) is 12.1 Å². The van der Waals surface area contributed by atoms with Gasteiger partial charge in [-0.3, -0.25) is 4.99 Å². The molecule has 0 atom stereocenters. The molecule has 0 bridgehead atoms. The van der Waals surface area contributed by atoms with Crippen molar-refractivity contribution in [2.75, 3.05) is 31.6 Å². The first-order valence-corrected chi connectivity index (χ1v) is 10.8. The van der Waals surface area contributed by atoms with E-state index >= 15 is 0 Å². The number of ether oxygens (including phenoxy) is 1. The molecular formula is C23H30F3N5O. The van der Waals surface area contributed by atoms with E-state index in [1.807, 2.05) is 25.3 Å². The van der Waals surface area contributed by atoms with E-state index in [4.69, 9.17) is 4.74 Å². The van der Waals surface area contributed by atoms with E-state index in [2.05, 4.69) is 31.6 Å². The van der Waals surface area contributed by atoms with Crippen molar-refractivity contribution in [3.63, 3.8) is 0 Å². The normalized spacial score (nSPS) is 14.9. The van der Waals surface area contributed by atoms with Crippen molar-refractivity contribution >= 4 is 11.8 Å². The number of guanidine groups is 1. The van der Waals surface area contributed by atoms with Gasteiger partial charge in [0.05, 0.1) is 0 Å². The molecule has 0 amide bonds. The van der Waals surface area contributed by atoms with Gasteiger partial charge in [-0.05, 0) is 55.5 Å². The van der Waals surface area contributed by atoms with Gasteiger partial charge < -0.3 is 20.3 Å². The average Bonchev–Trinajstić information content (AvgIpc) is 2.79. The summed E-state index contributed by atoms with van der Waals surface area (Å²) in [5.74, 6) is 1.74. The number of benzene rings is 1. The number of halogens is 3. The summed E-state index contributed by atoms with van der Waals surface area (Å²) in [7, 11) is 1.65. The number of nitrogens with one attached hydrogen (secondary N) is 2. The van der Waals surface area contributed by atoms with Crippen LogP contribution < -0.4 is 20.3 Å². The van der Waals surface area contributed by atoms with Crippen molar-refractivity contribution in [2.45, 2.75) is 45.5 Å². The fraction of sp³-hybridized carbons (Fsp3) is 0.478. The molecule has 2 heterocycles. The summed E-state index contributed by atoms with van der Waals surface area (Å²) in [5.41, 5.74) is 2.53. The number of rotatable bonds is 7. The molecule has 1 saturated heterocycles. The molecule has 32 heavy (non-hydrogen) atoms. The monoisotopic (exact) mass is 449 g/mol. The highest BCUT2D eigenvalue weighted by Crippen LogP contribution is 2.24. The van der Waals surface area contributed by atoms with Gasteiger partial charge in [0.25, 0.3) is 0 Å². The summed E-state index contributed by atoms with van der Waals surface area (Å²) in [5, 5.41) is 6.39. The number of anilines is 1. The van der Waals surface area contributed by atoms with Crippen LogP contribution in [0.1, 0.15) is 36.0 Å². The van der Waals surface area contributed by atoms with Crippen LogP contribution in [-0.2, 0) is 13.1 Å². The molecule has 1 aromatic carbocycles. The minimum absolute atomic E-state index is 0.214. The number of nitrogens with zero attached hydrogens (tertiary/aromatic N) is 3. The number of aryl methyl sites for hydroxylation is 1. The maximum absolute atomic E-state index is 12.6. The number of hydrogen-bond donors (Lipinski definition) is 2. The summed E-state index contributed by atoms with van der Waals surface area (Å²) in [6.45, 7) is 3.38. The molecule has 3 rings (SSSR count). The third-order valence-corrected chi connectivity index (χ3v) is 5.23. The summed E-state index contributed by atoms with van der Waals surface area (Å²) in [6.07, 6.45) is 1.07. The highest BCUT2D eigenvalue weighted by atomic mass is 19.4. The van der Waals surface area contributed by atoms with Crippen molar-refractivity contribution in [1.82, 2.24) is 15.6 Å². The maximum Gasteiger partial charge on any atom is 0.422 e. The maximum atomic E-state index is 12.6. The van der Waals surface area contributed by atoms with Crippen LogP contribution in [0, 0.1) is 6.92 Å². The second-order valence-corrected chi connectivity index (χ2v) is 7.86. The van der Waals surface area contributed by atoms with Crippen molar-refractivity contribution in [1.29, 1.82) is 0 Å². The number of alkyl halides is 3. The Bertz CT molecular complexity index is 911. The number of piperidine rings is 1. The Morgan fingerprint density at radius 3 is 2.56 bits per heavy atom. The van der Waals surface area contributed by atoms with Crippen molar-refractivity contribution in [3.05, 3.63) is 53.2 Å². The summed E-state index contributed by atoms with van der Waals surface area (Å²) in [6, 6.07) is 9.24. The second kappa shape index (κ2) is 11.1. The molecule has 1 aliphatic rings. The van der Waals surface area contributed by atoms with Crippen molar-refractivity contribution < 1.29 is 17.9 Å². The first kappa shape index (κ1) is 23.7. The number of aromatic nitrogens is 1. The lowest BCUT2D eigenvalue weighted by atomic mass is 10.1. The lowest BCUT2D eigenvalue weighted by molar-refractivity contribution is -0.153. The van der Waals surface area contributed by atoms with E-state index < -0.39 is 12.8 Å². The summed E-state index contributed by atoms with van der Waals surface area (Å²) < 4.78 is 42.7. The average molecular weight is 450 g/mol. The molecule has 1 aromatic heterocycles. The highest BCUT2D eigenvalue weighted by Gasteiger charge is 2.28. The zero-order chi connectivity index (χ0) is 23.0. The first-order valence-electron chi connectivity index (χ1n) is 10.8. The molecule has 0 aliphatic carbocycles. The second-order valence-electron chi connectivity index (χ2n) is 7.86. The Morgan fingerprint density at radius 1 is 1.09 bits per heavy atom. The predicted octanol–water partition coefficient (Wildman–Crippen LogP) is 4.19. The van der Waals surface area contributed by atoms with Gasteiger partial charge in [-0.15, -0.1) is 0 Å². The van der Waals surface area contributed by atoms with E-state index in [9.17, 15) is 13.2 Å². The molecular weight excluding hydrogens is 419 g/mol. The molecule has 0 saturated carbocycles. The molecule has 2 aromatic rings. The van der Waals surface area contributed by atoms with Crippen molar-refractivity contribution in [2.24, 2.45) is 4.99 Å². The third kappa shape index (κ3) is 7.32. The van der Waals surface area contributed by atoms with Gasteiger partial charge in [-0.25, -0.2) is 4.98 Å². The molecule has 9 heteroatoms. The van der Waals surface area contributed by atoms with E-state index in [0.29, 0.717) is 18.1 Å². The van der Waals surface area contributed by atoms with Gasteiger partial charge in [0.1, 0.15) is 11.6 Å². The summed E-state index contributed by atoms with van der Waals surface area (Å²) in [4.78, 5) is 11.0. The van der Waals surface area contributed by atoms with Gasteiger partial charge in [0.15, 0.2) is 12.6 Å². The zero-order valence-electron chi connectivity index (χ0n) is 18.5. The molecule has 1 fully saturated rings. The van der Waals surface area contributed by atoms with Crippen LogP contribution >= 0.6 is 0 Å². The number of aliphatic imine (C=N–C) groups is 1. The van der Waals surface area contributed by atoms with Crippen LogP contribution in [0.15, 0.2) is 41.5 Å². The van der Waals surface area contributed by atoms with E-state index in [1.165, 1.54) is 19.3 Å². The number of hydrogen-bond acceptors (Lipinski definition) is 4. The standard InChI is InChI=1S/C23H30F3N5O/c1-17-6-7-19(20(12-17)32-16-23(24,25)26)15-30-22(27-2)29-14-18-8-9-28-21(13-18)31-10-4-3-5-11-31/h6-9,12-13H,3-5,10-11,14-16H2,1-2H3,(H2,27,29,30). The topological polar surface area (TPSA) is 61.8 Å². The van der Waals surface area contributed by atoms with Gasteiger partial charge in [-0.2, -0.15) is 13.2 Å². The van der Waals surface area contributed by atoms with Gasteiger partial charge >= 0.3 is 6.18 Å². The van der Waals surface area contributed by atoms with Crippen LogP contribution in [0.25, 0.3) is 0 Å². The Balaban J connectivity index is 1.57. The first-order chi connectivity index (χ1) is 15.3. The minimum Gasteiger partial charge on any atom is -0.484 e. The molecule has 2 N–H and O–H groups in total. The van der Waals surface area contributed by atoms with Crippen LogP contribution in [-0.4, -0.2) is 43.9 Å². The quantitative estimate of drug-likeness (QED) is 0.490. The van der Waals surface area contributed by atoms with E-state index in [1.54, 1.807) is 19.2 Å². The Morgan fingerprint density at radius 2 is 1.84 bits per heavy atom.